The Hall–Kier alpha value is -2.17. The summed E-state index contributed by atoms with van der Waals surface area (Å²) in [6.07, 6.45) is 1.47. The highest BCUT2D eigenvalue weighted by Gasteiger charge is 2.14. The second-order valence-electron chi connectivity index (χ2n) is 3.25. The molecule has 0 aliphatic heterocycles. The summed E-state index contributed by atoms with van der Waals surface area (Å²) < 4.78 is 26.2. The minimum atomic E-state index is -0.745. The molecule has 3 nitrogen and oxygen atoms in total. The van der Waals surface area contributed by atoms with Gasteiger partial charge < -0.3 is 10.7 Å². The third-order valence-corrected chi connectivity index (χ3v) is 2.21. The predicted molar refractivity (Wildman–Crippen MR) is 54.7 cm³/mol. The van der Waals surface area contributed by atoms with Gasteiger partial charge in [-0.25, -0.2) is 8.78 Å². The Kier molecular flexibility index (Phi) is 2.44. The third-order valence-electron chi connectivity index (χ3n) is 2.21. The summed E-state index contributed by atoms with van der Waals surface area (Å²) in [5, 5.41) is 0. The van der Waals surface area contributed by atoms with Gasteiger partial charge in [0, 0.05) is 17.8 Å². The highest BCUT2D eigenvalue weighted by atomic mass is 19.1. The number of carbonyl (C=O) groups excluding carboxylic acids is 1. The van der Waals surface area contributed by atoms with Crippen molar-refractivity contribution in [3.63, 3.8) is 0 Å². The Morgan fingerprint density at radius 2 is 2.00 bits per heavy atom. The highest BCUT2D eigenvalue weighted by Crippen LogP contribution is 2.25. The van der Waals surface area contributed by atoms with Crippen molar-refractivity contribution in [2.45, 2.75) is 0 Å². The molecule has 0 aliphatic rings. The monoisotopic (exact) mass is 222 g/mol. The molecule has 82 valence electrons. The standard InChI is InChI=1S/C11H8F2N2O/c12-6-1-2-7(9(13)5-6)10-8(11(14)16)3-4-15-10/h1-5,15H,(H2,14,16). The summed E-state index contributed by atoms with van der Waals surface area (Å²) in [4.78, 5) is 13.7. The topological polar surface area (TPSA) is 58.9 Å². The zero-order chi connectivity index (χ0) is 11.7. The second-order valence-corrected chi connectivity index (χ2v) is 3.25. The first-order valence-electron chi connectivity index (χ1n) is 4.52. The molecule has 1 aromatic heterocycles. The number of carbonyl (C=O) groups is 1. The van der Waals surface area contributed by atoms with Crippen LogP contribution < -0.4 is 5.73 Å². The predicted octanol–water partition coefficient (Wildman–Crippen LogP) is 2.06. The number of primary amides is 1. The van der Waals surface area contributed by atoms with Crippen LogP contribution in [0.4, 0.5) is 8.78 Å². The van der Waals surface area contributed by atoms with E-state index < -0.39 is 17.5 Å². The van der Waals surface area contributed by atoms with Crippen LogP contribution in [0, 0.1) is 11.6 Å². The Labute approximate surface area is 89.9 Å². The molecule has 2 rings (SSSR count). The number of benzene rings is 1. The number of H-pyrrole nitrogens is 1. The van der Waals surface area contributed by atoms with Crippen LogP contribution in [0.3, 0.4) is 0 Å². The Balaban J connectivity index is 2.59. The number of amides is 1. The smallest absolute Gasteiger partial charge is 0.250 e. The first kappa shape index (κ1) is 10.4. The molecule has 5 heteroatoms. The summed E-state index contributed by atoms with van der Waals surface area (Å²) in [5.74, 6) is -2.08. The van der Waals surface area contributed by atoms with Crippen molar-refractivity contribution in [2.75, 3.05) is 0 Å². The maximum absolute atomic E-state index is 13.4. The van der Waals surface area contributed by atoms with Gasteiger partial charge in [-0.3, -0.25) is 4.79 Å². The van der Waals surface area contributed by atoms with Gasteiger partial charge in [-0.15, -0.1) is 0 Å². The molecule has 1 aromatic carbocycles. The van der Waals surface area contributed by atoms with Gasteiger partial charge in [0.05, 0.1) is 11.3 Å². The fraction of sp³-hybridized carbons (Fsp3) is 0. The van der Waals surface area contributed by atoms with E-state index in [0.717, 1.165) is 12.1 Å². The molecule has 0 aliphatic carbocycles. The van der Waals surface area contributed by atoms with Crippen LogP contribution in [0.2, 0.25) is 0 Å². The number of aromatic amines is 1. The zero-order valence-corrected chi connectivity index (χ0v) is 8.13. The van der Waals surface area contributed by atoms with Crippen LogP contribution in [0.25, 0.3) is 11.3 Å². The van der Waals surface area contributed by atoms with Crippen molar-refractivity contribution in [3.8, 4) is 11.3 Å². The summed E-state index contributed by atoms with van der Waals surface area (Å²) in [6, 6.07) is 4.56. The number of halogens is 2. The minimum absolute atomic E-state index is 0.111. The molecule has 3 N–H and O–H groups in total. The van der Waals surface area contributed by atoms with E-state index in [1.807, 2.05) is 0 Å². The number of aromatic nitrogens is 1. The van der Waals surface area contributed by atoms with Gasteiger partial charge in [-0.2, -0.15) is 0 Å². The Morgan fingerprint density at radius 1 is 1.25 bits per heavy atom. The van der Waals surface area contributed by atoms with Crippen molar-refractivity contribution in [3.05, 3.63) is 47.7 Å². The van der Waals surface area contributed by atoms with Gasteiger partial charge >= 0.3 is 0 Å². The molecule has 0 saturated heterocycles. The van der Waals surface area contributed by atoms with E-state index in [4.69, 9.17) is 5.73 Å². The molecule has 0 radical (unpaired) electrons. The van der Waals surface area contributed by atoms with Crippen LogP contribution in [-0.2, 0) is 0 Å². The molecule has 0 bridgehead atoms. The first-order valence-corrected chi connectivity index (χ1v) is 4.52. The molecule has 0 saturated carbocycles. The first-order chi connectivity index (χ1) is 7.59. The van der Waals surface area contributed by atoms with Crippen molar-refractivity contribution in [1.29, 1.82) is 0 Å². The van der Waals surface area contributed by atoms with Gasteiger partial charge in [0.15, 0.2) is 0 Å². The van der Waals surface area contributed by atoms with E-state index in [2.05, 4.69) is 4.98 Å². The molecule has 0 unspecified atom stereocenters. The molecule has 1 heterocycles. The number of rotatable bonds is 2. The van der Waals surface area contributed by atoms with Crippen LogP contribution in [0.1, 0.15) is 10.4 Å². The minimum Gasteiger partial charge on any atom is -0.366 e. The Morgan fingerprint density at radius 3 is 2.62 bits per heavy atom. The number of hydrogen-bond acceptors (Lipinski definition) is 1. The second kappa shape index (κ2) is 3.77. The van der Waals surface area contributed by atoms with Crippen molar-refractivity contribution >= 4 is 5.91 Å². The molecule has 0 spiro atoms. The van der Waals surface area contributed by atoms with Crippen molar-refractivity contribution in [2.24, 2.45) is 5.73 Å². The van der Waals surface area contributed by atoms with Gasteiger partial charge in [0.2, 0.25) is 0 Å². The largest absolute Gasteiger partial charge is 0.366 e. The van der Waals surface area contributed by atoms with Crippen molar-refractivity contribution < 1.29 is 13.6 Å². The number of hydrogen-bond donors (Lipinski definition) is 2. The van der Waals surface area contributed by atoms with Gasteiger partial charge in [0.25, 0.3) is 5.91 Å². The van der Waals surface area contributed by atoms with Gasteiger partial charge in [-0.05, 0) is 18.2 Å². The summed E-state index contributed by atoms with van der Waals surface area (Å²) in [7, 11) is 0. The molecular weight excluding hydrogens is 214 g/mol. The van der Waals surface area contributed by atoms with Crippen LogP contribution in [0.5, 0.6) is 0 Å². The maximum atomic E-state index is 13.4. The lowest BCUT2D eigenvalue weighted by atomic mass is 10.1. The summed E-state index contributed by atoms with van der Waals surface area (Å²) in [6.45, 7) is 0. The Bertz CT molecular complexity index is 549. The molecule has 1 amide bonds. The average Bonchev–Trinajstić information content (AvgIpc) is 2.66. The lowest BCUT2D eigenvalue weighted by molar-refractivity contribution is 0.100. The van der Waals surface area contributed by atoms with Crippen LogP contribution in [0.15, 0.2) is 30.5 Å². The lowest BCUT2D eigenvalue weighted by Gasteiger charge is -2.03. The van der Waals surface area contributed by atoms with E-state index in [1.54, 1.807) is 0 Å². The molecule has 0 fully saturated rings. The molecule has 2 aromatic rings. The number of nitrogens with one attached hydrogen (secondary N) is 1. The lowest BCUT2D eigenvalue weighted by Crippen LogP contribution is -2.11. The fourth-order valence-corrected chi connectivity index (χ4v) is 1.49. The fourth-order valence-electron chi connectivity index (χ4n) is 1.49. The van der Waals surface area contributed by atoms with E-state index >= 15 is 0 Å². The van der Waals surface area contributed by atoms with E-state index in [1.165, 1.54) is 18.3 Å². The number of nitrogens with two attached hydrogens (primary N) is 1. The normalized spacial score (nSPS) is 10.4. The zero-order valence-electron chi connectivity index (χ0n) is 8.13. The van der Waals surface area contributed by atoms with Gasteiger partial charge in [-0.1, -0.05) is 0 Å². The molecule has 0 atom stereocenters. The van der Waals surface area contributed by atoms with E-state index in [9.17, 15) is 13.6 Å². The SMILES string of the molecule is NC(=O)c1cc[nH]c1-c1ccc(F)cc1F. The van der Waals surface area contributed by atoms with Crippen LogP contribution in [-0.4, -0.2) is 10.9 Å². The average molecular weight is 222 g/mol. The molecule has 16 heavy (non-hydrogen) atoms. The van der Waals surface area contributed by atoms with E-state index in [0.29, 0.717) is 0 Å². The van der Waals surface area contributed by atoms with Crippen LogP contribution >= 0.6 is 0 Å². The van der Waals surface area contributed by atoms with Gasteiger partial charge in [0.1, 0.15) is 11.6 Å². The maximum Gasteiger partial charge on any atom is 0.250 e. The van der Waals surface area contributed by atoms with Crippen molar-refractivity contribution in [1.82, 2.24) is 4.98 Å². The van der Waals surface area contributed by atoms with E-state index in [-0.39, 0.29) is 16.8 Å². The summed E-state index contributed by atoms with van der Waals surface area (Å²) in [5.41, 5.74) is 5.66. The third kappa shape index (κ3) is 1.67. The highest BCUT2D eigenvalue weighted by molar-refractivity contribution is 5.99. The quantitative estimate of drug-likeness (QED) is 0.802. The summed E-state index contributed by atoms with van der Waals surface area (Å²) >= 11 is 0. The molecular formula is C11H8F2N2O.